The highest BCUT2D eigenvalue weighted by atomic mass is 19.1. The van der Waals surface area contributed by atoms with Crippen molar-refractivity contribution in [1.29, 1.82) is 0 Å². The van der Waals surface area contributed by atoms with Crippen molar-refractivity contribution in [3.63, 3.8) is 0 Å². The van der Waals surface area contributed by atoms with Gasteiger partial charge in [0.05, 0.1) is 24.1 Å². The molecule has 178 valence electrons. The number of hydrogen-bond acceptors (Lipinski definition) is 6. The maximum atomic E-state index is 13.8. The molecule has 8 heteroatoms. The number of nitrogens with one attached hydrogen (secondary N) is 1. The van der Waals surface area contributed by atoms with E-state index < -0.39 is 5.54 Å². The highest BCUT2D eigenvalue weighted by Gasteiger charge is 2.40. The number of benzene rings is 2. The molecule has 0 aliphatic carbocycles. The molecular weight excluding hydrogens is 437 g/mol. The zero-order valence-corrected chi connectivity index (χ0v) is 19.4. The van der Waals surface area contributed by atoms with E-state index in [1.54, 1.807) is 32.3 Å². The Bertz CT molecular complexity index is 1270. The van der Waals surface area contributed by atoms with E-state index in [1.165, 1.54) is 23.1 Å². The lowest BCUT2D eigenvalue weighted by molar-refractivity contribution is 0.0827. The third-order valence-electron chi connectivity index (χ3n) is 6.74. The lowest BCUT2D eigenvalue weighted by Crippen LogP contribution is -2.39. The Morgan fingerprint density at radius 1 is 1.12 bits per heavy atom. The number of ether oxygens (including phenoxy) is 1. The molecule has 7 nitrogen and oxygen atoms in total. The van der Waals surface area contributed by atoms with Crippen LogP contribution in [-0.2, 0) is 10.3 Å². The van der Waals surface area contributed by atoms with Crippen LogP contribution < -0.4 is 15.6 Å². The first-order valence-electron chi connectivity index (χ1n) is 11.6. The van der Waals surface area contributed by atoms with Gasteiger partial charge in [-0.1, -0.05) is 12.1 Å². The minimum Gasteiger partial charge on any atom is -0.440 e. The van der Waals surface area contributed by atoms with Gasteiger partial charge in [0.2, 0.25) is 0 Å². The third-order valence-corrected chi connectivity index (χ3v) is 6.74. The third kappa shape index (κ3) is 3.86. The number of halogens is 1. The summed E-state index contributed by atoms with van der Waals surface area (Å²) in [6.45, 7) is 3.13. The summed E-state index contributed by atoms with van der Waals surface area (Å²) in [6.07, 6.45) is 1.61. The fraction of sp³-hybridized carbons (Fsp3) is 0.385. The minimum atomic E-state index is -0.714. The maximum absolute atomic E-state index is 13.8. The Morgan fingerprint density at radius 3 is 2.50 bits per heavy atom. The maximum Gasteiger partial charge on any atom is 0.253 e. The van der Waals surface area contributed by atoms with Crippen LogP contribution in [0.2, 0.25) is 0 Å². The number of nitrogens with zero attached hydrogens (tertiary/aromatic N) is 2. The lowest BCUT2D eigenvalue weighted by atomic mass is 9.80. The monoisotopic (exact) mass is 465 g/mol. The Labute approximate surface area is 197 Å². The van der Waals surface area contributed by atoms with E-state index in [0.29, 0.717) is 54.3 Å². The van der Waals surface area contributed by atoms with Gasteiger partial charge in [0.1, 0.15) is 11.4 Å². The second kappa shape index (κ2) is 8.85. The molecule has 2 aliphatic rings. The Kier molecular flexibility index (Phi) is 5.87. The summed E-state index contributed by atoms with van der Waals surface area (Å²) in [5, 5.41) is 3.94. The number of carbonyl (C=O) groups excluding carboxylic acids is 1. The summed E-state index contributed by atoms with van der Waals surface area (Å²) < 4.78 is 25.6. The van der Waals surface area contributed by atoms with Gasteiger partial charge in [-0.25, -0.2) is 4.39 Å². The van der Waals surface area contributed by atoms with E-state index >= 15 is 0 Å². The van der Waals surface area contributed by atoms with Gasteiger partial charge in [0.15, 0.2) is 11.3 Å². The van der Waals surface area contributed by atoms with Gasteiger partial charge < -0.3 is 24.3 Å². The molecule has 0 saturated carbocycles. The molecule has 0 unspecified atom stereocenters. The molecule has 0 spiro atoms. The summed E-state index contributed by atoms with van der Waals surface area (Å²) in [5.41, 5.74) is 1.52. The Hall–Kier alpha value is -3.23. The fourth-order valence-electron chi connectivity index (χ4n) is 4.99. The second-order valence-corrected chi connectivity index (χ2v) is 9.09. The molecule has 0 bridgehead atoms. The van der Waals surface area contributed by atoms with Crippen molar-refractivity contribution in [2.24, 2.45) is 0 Å². The largest absolute Gasteiger partial charge is 0.440 e. The van der Waals surface area contributed by atoms with Crippen LogP contribution >= 0.6 is 0 Å². The van der Waals surface area contributed by atoms with Crippen molar-refractivity contribution >= 4 is 22.8 Å². The van der Waals surface area contributed by atoms with Crippen molar-refractivity contribution in [2.75, 3.05) is 51.8 Å². The van der Waals surface area contributed by atoms with Crippen LogP contribution in [0.15, 0.2) is 51.7 Å². The van der Waals surface area contributed by atoms with Crippen LogP contribution in [0.25, 0.3) is 11.0 Å². The molecule has 0 radical (unpaired) electrons. The van der Waals surface area contributed by atoms with E-state index in [0.717, 1.165) is 24.9 Å². The van der Waals surface area contributed by atoms with Crippen LogP contribution in [0, 0.1) is 5.82 Å². The molecule has 34 heavy (non-hydrogen) atoms. The molecule has 3 aromatic rings. The number of morpholine rings is 1. The topological polar surface area (TPSA) is 75.0 Å². The average Bonchev–Trinajstić information content (AvgIpc) is 3.35. The van der Waals surface area contributed by atoms with E-state index in [4.69, 9.17) is 9.15 Å². The zero-order chi connectivity index (χ0) is 23.9. The molecule has 2 saturated heterocycles. The highest BCUT2D eigenvalue weighted by Crippen LogP contribution is 2.42. The van der Waals surface area contributed by atoms with Gasteiger partial charge in [-0.15, -0.1) is 0 Å². The normalized spacial score (nSPS) is 20.6. The highest BCUT2D eigenvalue weighted by molar-refractivity contribution is 5.99. The molecule has 1 aromatic heterocycles. The van der Waals surface area contributed by atoms with Gasteiger partial charge >= 0.3 is 0 Å². The van der Waals surface area contributed by atoms with Crippen LogP contribution in [-0.4, -0.2) is 57.8 Å². The Morgan fingerprint density at radius 2 is 1.85 bits per heavy atom. The number of rotatable bonds is 4. The van der Waals surface area contributed by atoms with Crippen LogP contribution in [0.4, 0.5) is 10.3 Å². The molecule has 1 amide bonds. The minimum absolute atomic E-state index is 0.202. The molecule has 3 heterocycles. The number of amides is 1. The Balaban J connectivity index is 1.79. The first kappa shape index (κ1) is 22.6. The van der Waals surface area contributed by atoms with Crippen LogP contribution in [0.5, 0.6) is 0 Å². The molecule has 1 N–H and O–H groups in total. The number of hydrogen-bond donors (Lipinski definition) is 1. The standard InChI is InChI=1S/C26H28FN3O4/c1-29(2)25(32)17-14-20-22(31)16-23(30-10-12-33-13-11-30)34-24(20)21(15-17)26(8-3-9-28-26)18-4-6-19(27)7-5-18/h4-7,14-16,28H,3,8-13H2,1-2H3/t26-/m0/s1. The first-order chi connectivity index (χ1) is 16.4. The van der Waals surface area contributed by atoms with Gasteiger partial charge in [-0.2, -0.15) is 0 Å². The number of carbonyl (C=O) groups is 1. The second-order valence-electron chi connectivity index (χ2n) is 9.09. The summed E-state index contributed by atoms with van der Waals surface area (Å²) >= 11 is 0. The average molecular weight is 466 g/mol. The summed E-state index contributed by atoms with van der Waals surface area (Å²) in [6, 6.07) is 11.3. The predicted molar refractivity (Wildman–Crippen MR) is 128 cm³/mol. The number of fused-ring (bicyclic) bond motifs is 1. The van der Waals surface area contributed by atoms with Gasteiger partial charge in [-0.05, 0) is 49.2 Å². The zero-order valence-electron chi connectivity index (χ0n) is 19.4. The smallest absolute Gasteiger partial charge is 0.253 e. The van der Waals surface area contributed by atoms with E-state index in [1.807, 2.05) is 11.0 Å². The number of anilines is 1. The molecule has 5 rings (SSSR count). The predicted octanol–water partition coefficient (Wildman–Crippen LogP) is 3.10. The molecule has 2 aliphatic heterocycles. The van der Waals surface area contributed by atoms with Crippen molar-refractivity contribution in [3.05, 3.63) is 75.2 Å². The van der Waals surface area contributed by atoms with E-state index in [-0.39, 0.29) is 17.2 Å². The van der Waals surface area contributed by atoms with Gasteiger partial charge in [-0.3, -0.25) is 9.59 Å². The molecule has 2 fully saturated rings. The van der Waals surface area contributed by atoms with Crippen LogP contribution in [0.3, 0.4) is 0 Å². The fourth-order valence-corrected chi connectivity index (χ4v) is 4.99. The molecular formula is C26H28FN3O4. The summed E-state index contributed by atoms with van der Waals surface area (Å²) in [7, 11) is 3.36. The molecule has 1 atom stereocenters. The summed E-state index contributed by atoms with van der Waals surface area (Å²) in [5.74, 6) is -0.0347. The summed E-state index contributed by atoms with van der Waals surface area (Å²) in [4.78, 5) is 29.8. The van der Waals surface area contributed by atoms with Crippen molar-refractivity contribution < 1.29 is 18.3 Å². The molecule has 2 aromatic carbocycles. The van der Waals surface area contributed by atoms with Crippen molar-refractivity contribution in [2.45, 2.75) is 18.4 Å². The van der Waals surface area contributed by atoms with E-state index in [9.17, 15) is 14.0 Å². The van der Waals surface area contributed by atoms with Crippen molar-refractivity contribution in [1.82, 2.24) is 10.2 Å². The van der Waals surface area contributed by atoms with Crippen molar-refractivity contribution in [3.8, 4) is 0 Å². The van der Waals surface area contributed by atoms with Crippen LogP contribution in [0.1, 0.15) is 34.3 Å². The SMILES string of the molecule is CN(C)C(=O)c1cc([C@@]2(c3ccc(F)cc3)CCCN2)c2oc(N3CCOCC3)cc(=O)c2c1. The van der Waals surface area contributed by atoms with Gasteiger partial charge in [0, 0.05) is 44.4 Å². The quantitative estimate of drug-likeness (QED) is 0.638. The van der Waals surface area contributed by atoms with Gasteiger partial charge in [0.25, 0.3) is 5.91 Å². The van der Waals surface area contributed by atoms with E-state index in [2.05, 4.69) is 5.32 Å². The first-order valence-corrected chi connectivity index (χ1v) is 11.6. The lowest BCUT2D eigenvalue weighted by Gasteiger charge is -2.33.